The third-order valence-corrected chi connectivity index (χ3v) is 3.35. The molecular weight excluding hydrogens is 225 g/mol. The summed E-state index contributed by atoms with van der Waals surface area (Å²) in [6, 6.07) is 5.95. The quantitative estimate of drug-likeness (QED) is 0.681. The second-order valence-electron chi connectivity index (χ2n) is 7.07. The molecule has 2 aromatic rings. The molecule has 18 heavy (non-hydrogen) atoms. The largest absolute Gasteiger partial charge is 0.356 e. The van der Waals surface area contributed by atoms with Crippen molar-refractivity contribution in [2.45, 2.75) is 52.4 Å². The normalized spacial score (nSPS) is 13.3. The van der Waals surface area contributed by atoms with Crippen molar-refractivity contribution < 1.29 is 4.39 Å². The van der Waals surface area contributed by atoms with E-state index in [1.165, 1.54) is 0 Å². The van der Waals surface area contributed by atoms with Crippen molar-refractivity contribution in [1.82, 2.24) is 4.98 Å². The molecule has 0 aliphatic carbocycles. The van der Waals surface area contributed by atoms with E-state index in [2.05, 4.69) is 25.8 Å². The molecule has 2 heteroatoms. The number of hydrogen-bond acceptors (Lipinski definition) is 0. The summed E-state index contributed by atoms with van der Waals surface area (Å²) in [5.74, 6) is -0.115. The Bertz CT molecular complexity index is 579. The Morgan fingerprint density at radius 1 is 0.944 bits per heavy atom. The van der Waals surface area contributed by atoms with Gasteiger partial charge in [0, 0.05) is 16.5 Å². The molecule has 0 aliphatic rings. The lowest BCUT2D eigenvalue weighted by Gasteiger charge is -2.20. The molecule has 0 radical (unpaired) electrons. The number of benzene rings is 1. The lowest BCUT2D eigenvalue weighted by atomic mass is 9.86. The van der Waals surface area contributed by atoms with Gasteiger partial charge in [-0.15, -0.1) is 0 Å². The summed E-state index contributed by atoms with van der Waals surface area (Å²) in [5.41, 5.74) is 2.30. The highest BCUT2D eigenvalue weighted by atomic mass is 19.1. The maximum absolute atomic E-state index is 14.5. The van der Waals surface area contributed by atoms with E-state index in [-0.39, 0.29) is 16.6 Å². The zero-order chi connectivity index (χ0) is 13.7. The van der Waals surface area contributed by atoms with Gasteiger partial charge in [-0.3, -0.25) is 0 Å². The number of aromatic amines is 1. The number of aromatic nitrogens is 1. The van der Waals surface area contributed by atoms with E-state index in [9.17, 15) is 4.39 Å². The molecule has 1 nitrogen and oxygen atoms in total. The fourth-order valence-corrected chi connectivity index (χ4v) is 2.15. The zero-order valence-corrected chi connectivity index (χ0v) is 12.1. The molecule has 0 saturated heterocycles. The molecule has 1 aromatic carbocycles. The van der Waals surface area contributed by atoms with E-state index >= 15 is 0 Å². The number of nitrogens with one attached hydrogen (secondary N) is 1. The van der Waals surface area contributed by atoms with Crippen molar-refractivity contribution in [3.63, 3.8) is 0 Å². The van der Waals surface area contributed by atoms with Gasteiger partial charge in [0.25, 0.3) is 0 Å². The Morgan fingerprint density at radius 2 is 1.56 bits per heavy atom. The van der Waals surface area contributed by atoms with Gasteiger partial charge in [0.05, 0.1) is 5.52 Å². The fourth-order valence-electron chi connectivity index (χ4n) is 2.15. The van der Waals surface area contributed by atoms with Crippen molar-refractivity contribution in [3.05, 3.63) is 35.3 Å². The summed E-state index contributed by atoms with van der Waals surface area (Å²) in [6.07, 6.45) is 0. The Kier molecular flexibility index (Phi) is 2.80. The molecule has 0 spiro atoms. The Hall–Kier alpha value is -1.31. The van der Waals surface area contributed by atoms with Gasteiger partial charge in [0.15, 0.2) is 5.82 Å². The van der Waals surface area contributed by atoms with Crippen molar-refractivity contribution in [2.75, 3.05) is 0 Å². The minimum Gasteiger partial charge on any atom is -0.356 e. The van der Waals surface area contributed by atoms with Crippen LogP contribution in [0.4, 0.5) is 4.39 Å². The Balaban J connectivity index is 2.69. The Morgan fingerprint density at radius 3 is 2.06 bits per heavy atom. The van der Waals surface area contributed by atoms with Crippen molar-refractivity contribution in [2.24, 2.45) is 0 Å². The summed E-state index contributed by atoms with van der Waals surface area (Å²) in [5, 5.41) is 0.949. The third kappa shape index (κ3) is 2.16. The number of H-pyrrole nitrogens is 1. The second kappa shape index (κ2) is 3.84. The lowest BCUT2D eigenvalue weighted by Crippen LogP contribution is -2.13. The van der Waals surface area contributed by atoms with Crippen LogP contribution in [0.3, 0.4) is 0 Å². The molecule has 0 atom stereocenters. The maximum atomic E-state index is 14.5. The lowest BCUT2D eigenvalue weighted by molar-refractivity contribution is 0.527. The molecule has 1 N–H and O–H groups in total. The number of hydrogen-bond donors (Lipinski definition) is 1. The number of rotatable bonds is 0. The number of halogens is 1. The van der Waals surface area contributed by atoms with Crippen LogP contribution in [0, 0.1) is 5.82 Å². The Labute approximate surface area is 108 Å². The van der Waals surface area contributed by atoms with Crippen LogP contribution in [0.2, 0.25) is 0 Å². The van der Waals surface area contributed by atoms with Crippen LogP contribution < -0.4 is 0 Å². The highest BCUT2D eigenvalue weighted by molar-refractivity contribution is 5.82. The van der Waals surface area contributed by atoms with Crippen molar-refractivity contribution in [1.29, 1.82) is 0 Å². The number of fused-ring (bicyclic) bond motifs is 1. The van der Waals surface area contributed by atoms with Gasteiger partial charge < -0.3 is 4.98 Å². The van der Waals surface area contributed by atoms with Crippen LogP contribution in [-0.4, -0.2) is 4.98 Å². The summed E-state index contributed by atoms with van der Waals surface area (Å²) in [4.78, 5) is 3.24. The van der Waals surface area contributed by atoms with Crippen LogP contribution in [0.25, 0.3) is 10.9 Å². The first-order valence-corrected chi connectivity index (χ1v) is 6.43. The minimum absolute atomic E-state index is 0.00730. The van der Waals surface area contributed by atoms with Gasteiger partial charge in [0.1, 0.15) is 0 Å². The predicted molar refractivity (Wildman–Crippen MR) is 75.7 cm³/mol. The average Bonchev–Trinajstić information content (AvgIpc) is 2.59. The van der Waals surface area contributed by atoms with Crippen molar-refractivity contribution >= 4 is 10.9 Å². The molecule has 98 valence electrons. The monoisotopic (exact) mass is 247 g/mol. The molecule has 0 saturated carbocycles. The standard InChI is InChI=1S/C16H22FN/c1-15(2,3)11-8-7-10-9-12(16(4,5)6)18-14(10)13(11)17/h7-9,18H,1-6H3. The van der Waals surface area contributed by atoms with Gasteiger partial charge >= 0.3 is 0 Å². The first-order chi connectivity index (χ1) is 8.10. The summed E-state index contributed by atoms with van der Waals surface area (Å²) in [7, 11) is 0. The average molecular weight is 247 g/mol. The van der Waals surface area contributed by atoms with Gasteiger partial charge in [-0.25, -0.2) is 4.39 Å². The summed E-state index contributed by atoms with van der Waals surface area (Å²) < 4.78 is 14.5. The van der Waals surface area contributed by atoms with Gasteiger partial charge in [-0.05, 0) is 17.0 Å². The minimum atomic E-state index is -0.175. The van der Waals surface area contributed by atoms with E-state index < -0.39 is 0 Å². The van der Waals surface area contributed by atoms with Crippen LogP contribution in [-0.2, 0) is 10.8 Å². The molecule has 1 aromatic heterocycles. The SMILES string of the molecule is CC(C)(C)c1cc2ccc(C(C)(C)C)c(F)c2[nH]1. The highest BCUT2D eigenvalue weighted by Crippen LogP contribution is 2.32. The zero-order valence-electron chi connectivity index (χ0n) is 12.1. The summed E-state index contributed by atoms with van der Waals surface area (Å²) >= 11 is 0. The van der Waals surface area contributed by atoms with Gasteiger partial charge in [-0.1, -0.05) is 53.7 Å². The van der Waals surface area contributed by atoms with E-state index in [4.69, 9.17) is 0 Å². The van der Waals surface area contributed by atoms with Crippen LogP contribution in [0.5, 0.6) is 0 Å². The smallest absolute Gasteiger partial charge is 0.150 e. The highest BCUT2D eigenvalue weighted by Gasteiger charge is 2.23. The van der Waals surface area contributed by atoms with E-state index in [1.54, 1.807) is 0 Å². The molecular formula is C16H22FN. The summed E-state index contributed by atoms with van der Waals surface area (Å²) in [6.45, 7) is 12.5. The van der Waals surface area contributed by atoms with Crippen LogP contribution >= 0.6 is 0 Å². The van der Waals surface area contributed by atoms with Crippen LogP contribution in [0.1, 0.15) is 52.8 Å². The molecule has 0 bridgehead atoms. The molecule has 0 aliphatic heterocycles. The van der Waals surface area contributed by atoms with E-state index in [0.717, 1.165) is 16.6 Å². The molecule has 2 rings (SSSR count). The van der Waals surface area contributed by atoms with E-state index in [1.807, 2.05) is 39.0 Å². The van der Waals surface area contributed by atoms with Gasteiger partial charge in [-0.2, -0.15) is 0 Å². The first-order valence-electron chi connectivity index (χ1n) is 6.43. The van der Waals surface area contributed by atoms with Crippen LogP contribution in [0.15, 0.2) is 18.2 Å². The fraction of sp³-hybridized carbons (Fsp3) is 0.500. The topological polar surface area (TPSA) is 15.8 Å². The molecule has 0 unspecified atom stereocenters. The first kappa shape index (κ1) is 13.1. The van der Waals surface area contributed by atoms with Gasteiger partial charge in [0.2, 0.25) is 0 Å². The molecule has 0 fully saturated rings. The van der Waals surface area contributed by atoms with E-state index in [0.29, 0.717) is 5.52 Å². The third-order valence-electron chi connectivity index (χ3n) is 3.35. The molecule has 1 heterocycles. The van der Waals surface area contributed by atoms with Crippen molar-refractivity contribution in [3.8, 4) is 0 Å². The predicted octanol–water partition coefficient (Wildman–Crippen LogP) is 4.90. The molecule has 0 amide bonds. The second-order valence-corrected chi connectivity index (χ2v) is 7.07. The maximum Gasteiger partial charge on any atom is 0.150 e.